The van der Waals surface area contributed by atoms with E-state index in [1.54, 1.807) is 0 Å². The average Bonchev–Trinajstić information content (AvgIpc) is 3.31. The SMILES string of the molecule is CNc1ccc2c(nc(Cc3ccccc3)n2C2CC3CCC(C2)N3)c1CCC(C)O. The molecule has 5 nitrogen and oxygen atoms in total. The van der Waals surface area contributed by atoms with Crippen LogP contribution >= 0.6 is 0 Å². The molecular formula is C26H34N4O. The minimum atomic E-state index is -0.314. The summed E-state index contributed by atoms with van der Waals surface area (Å²) in [4.78, 5) is 5.26. The number of piperidine rings is 1. The van der Waals surface area contributed by atoms with Crippen LogP contribution in [0.4, 0.5) is 5.69 Å². The number of hydrogen-bond acceptors (Lipinski definition) is 4. The summed E-state index contributed by atoms with van der Waals surface area (Å²) < 4.78 is 2.56. The molecule has 3 atom stereocenters. The van der Waals surface area contributed by atoms with Gasteiger partial charge in [0.05, 0.1) is 17.1 Å². The predicted molar refractivity (Wildman–Crippen MR) is 127 cm³/mol. The molecule has 5 rings (SSSR count). The number of hydrogen-bond donors (Lipinski definition) is 3. The van der Waals surface area contributed by atoms with E-state index in [9.17, 15) is 5.11 Å². The number of rotatable bonds is 7. The molecule has 0 amide bonds. The van der Waals surface area contributed by atoms with Crippen LogP contribution in [0, 0.1) is 0 Å². The van der Waals surface area contributed by atoms with Gasteiger partial charge in [-0.05, 0) is 63.1 Å². The van der Waals surface area contributed by atoms with Crippen molar-refractivity contribution in [1.29, 1.82) is 0 Å². The Morgan fingerprint density at radius 2 is 1.87 bits per heavy atom. The van der Waals surface area contributed by atoms with Gasteiger partial charge in [-0.1, -0.05) is 30.3 Å². The summed E-state index contributed by atoms with van der Waals surface area (Å²) in [7, 11) is 1.97. The van der Waals surface area contributed by atoms with Crippen molar-refractivity contribution < 1.29 is 5.11 Å². The maximum absolute atomic E-state index is 9.92. The van der Waals surface area contributed by atoms with E-state index in [0.29, 0.717) is 18.1 Å². The van der Waals surface area contributed by atoms with E-state index < -0.39 is 0 Å². The van der Waals surface area contributed by atoms with Gasteiger partial charge in [0.15, 0.2) is 0 Å². The van der Waals surface area contributed by atoms with Crippen molar-refractivity contribution in [2.45, 2.75) is 76.1 Å². The van der Waals surface area contributed by atoms with Crippen LogP contribution < -0.4 is 10.6 Å². The number of aromatic nitrogens is 2. The molecule has 0 radical (unpaired) electrons. The highest BCUT2D eigenvalue weighted by molar-refractivity contribution is 5.85. The standard InChI is InChI=1S/C26H34N4O/c1-17(31)8-11-22-23(27-2)12-13-24-26(22)29-25(14-18-6-4-3-5-7-18)30(24)21-15-19-9-10-20(16-21)28-19/h3-7,12-13,17,19-21,27-28,31H,8-11,14-16H2,1-2H3. The third-order valence-electron chi connectivity index (χ3n) is 7.14. The lowest BCUT2D eigenvalue weighted by Crippen LogP contribution is -2.39. The van der Waals surface area contributed by atoms with Gasteiger partial charge in [-0.2, -0.15) is 0 Å². The fourth-order valence-corrected chi connectivity index (χ4v) is 5.65. The van der Waals surface area contributed by atoms with Gasteiger partial charge in [0, 0.05) is 42.8 Å². The van der Waals surface area contributed by atoms with Crippen molar-refractivity contribution >= 4 is 16.7 Å². The second-order valence-electron chi connectivity index (χ2n) is 9.42. The number of aryl methyl sites for hydroxylation is 1. The van der Waals surface area contributed by atoms with Crippen LogP contribution in [-0.2, 0) is 12.8 Å². The number of aliphatic hydroxyl groups excluding tert-OH is 1. The van der Waals surface area contributed by atoms with Crippen LogP contribution in [0.2, 0.25) is 0 Å². The summed E-state index contributed by atoms with van der Waals surface area (Å²) >= 11 is 0. The highest BCUT2D eigenvalue weighted by atomic mass is 16.3. The molecule has 3 unspecified atom stereocenters. The molecule has 5 heteroatoms. The van der Waals surface area contributed by atoms with E-state index in [1.165, 1.54) is 48.2 Å². The number of benzene rings is 2. The lowest BCUT2D eigenvalue weighted by Gasteiger charge is -2.31. The number of imidazole rings is 1. The summed E-state index contributed by atoms with van der Waals surface area (Å²) in [6, 6.07) is 16.9. The Morgan fingerprint density at radius 3 is 2.55 bits per heavy atom. The van der Waals surface area contributed by atoms with E-state index >= 15 is 0 Å². The molecule has 2 aliphatic heterocycles. The molecule has 3 heterocycles. The monoisotopic (exact) mass is 418 g/mol. The van der Waals surface area contributed by atoms with Crippen LogP contribution in [0.1, 0.15) is 62.0 Å². The zero-order chi connectivity index (χ0) is 21.4. The van der Waals surface area contributed by atoms with Crippen molar-refractivity contribution in [2.24, 2.45) is 0 Å². The first-order valence-corrected chi connectivity index (χ1v) is 11.8. The first-order valence-electron chi connectivity index (χ1n) is 11.8. The van der Waals surface area contributed by atoms with Crippen LogP contribution in [0.15, 0.2) is 42.5 Å². The molecule has 3 N–H and O–H groups in total. The minimum absolute atomic E-state index is 0.314. The molecule has 1 aromatic heterocycles. The Bertz CT molecular complexity index is 1030. The second-order valence-corrected chi connectivity index (χ2v) is 9.42. The maximum Gasteiger partial charge on any atom is 0.114 e. The number of nitrogens with one attached hydrogen (secondary N) is 2. The fourth-order valence-electron chi connectivity index (χ4n) is 5.65. The summed E-state index contributed by atoms with van der Waals surface area (Å²) in [6.07, 6.45) is 7.05. The molecule has 31 heavy (non-hydrogen) atoms. The summed E-state index contributed by atoms with van der Waals surface area (Å²) in [6.45, 7) is 1.86. The lowest BCUT2D eigenvalue weighted by molar-refractivity contribution is 0.185. The van der Waals surface area contributed by atoms with E-state index in [4.69, 9.17) is 4.98 Å². The molecule has 2 aliphatic rings. The van der Waals surface area contributed by atoms with Gasteiger partial charge >= 0.3 is 0 Å². The van der Waals surface area contributed by atoms with E-state index in [2.05, 4.69) is 57.7 Å². The highest BCUT2D eigenvalue weighted by Gasteiger charge is 2.36. The van der Waals surface area contributed by atoms with Crippen molar-refractivity contribution in [1.82, 2.24) is 14.9 Å². The number of anilines is 1. The molecule has 0 saturated carbocycles. The summed E-state index contributed by atoms with van der Waals surface area (Å²) in [5.41, 5.74) is 6.00. The first kappa shape index (κ1) is 20.5. The zero-order valence-corrected chi connectivity index (χ0v) is 18.6. The smallest absolute Gasteiger partial charge is 0.114 e. The first-order chi connectivity index (χ1) is 15.1. The second kappa shape index (κ2) is 8.64. The van der Waals surface area contributed by atoms with Crippen LogP contribution in [0.3, 0.4) is 0 Å². The van der Waals surface area contributed by atoms with Crippen LogP contribution in [-0.4, -0.2) is 39.9 Å². The number of aliphatic hydroxyl groups is 1. The highest BCUT2D eigenvalue weighted by Crippen LogP contribution is 2.38. The third-order valence-corrected chi connectivity index (χ3v) is 7.14. The van der Waals surface area contributed by atoms with Gasteiger partial charge in [0.1, 0.15) is 5.82 Å². The lowest BCUT2D eigenvalue weighted by atomic mass is 9.98. The van der Waals surface area contributed by atoms with Crippen molar-refractivity contribution in [3.05, 3.63) is 59.4 Å². The average molecular weight is 419 g/mol. The topological polar surface area (TPSA) is 62.1 Å². The Labute approximate surface area is 184 Å². The van der Waals surface area contributed by atoms with Crippen LogP contribution in [0.25, 0.3) is 11.0 Å². The minimum Gasteiger partial charge on any atom is -0.393 e. The Hall–Kier alpha value is -2.37. The predicted octanol–water partition coefficient (Wildman–Crippen LogP) is 4.44. The summed E-state index contributed by atoms with van der Waals surface area (Å²) in [5.74, 6) is 1.17. The van der Waals surface area contributed by atoms with Gasteiger partial charge in [-0.25, -0.2) is 4.98 Å². The molecule has 164 valence electrons. The Kier molecular flexibility index (Phi) is 5.72. The zero-order valence-electron chi connectivity index (χ0n) is 18.6. The summed E-state index contributed by atoms with van der Waals surface area (Å²) in [5, 5.41) is 17.1. The van der Waals surface area contributed by atoms with E-state index in [0.717, 1.165) is 30.5 Å². The van der Waals surface area contributed by atoms with E-state index in [1.807, 2.05) is 14.0 Å². The quantitative estimate of drug-likeness (QED) is 0.531. The molecule has 2 saturated heterocycles. The molecule has 0 spiro atoms. The number of nitrogens with zero attached hydrogens (tertiary/aromatic N) is 2. The largest absolute Gasteiger partial charge is 0.393 e. The molecule has 2 aromatic carbocycles. The van der Waals surface area contributed by atoms with E-state index in [-0.39, 0.29) is 6.10 Å². The maximum atomic E-state index is 9.92. The Morgan fingerprint density at radius 1 is 1.13 bits per heavy atom. The van der Waals surface area contributed by atoms with Gasteiger partial charge in [-0.3, -0.25) is 0 Å². The molecular weight excluding hydrogens is 384 g/mol. The van der Waals surface area contributed by atoms with Crippen LogP contribution in [0.5, 0.6) is 0 Å². The molecule has 0 aliphatic carbocycles. The van der Waals surface area contributed by atoms with Gasteiger partial charge in [0.25, 0.3) is 0 Å². The molecule has 3 aromatic rings. The normalized spacial score (nSPS) is 23.9. The van der Waals surface area contributed by atoms with Crippen molar-refractivity contribution in [3.8, 4) is 0 Å². The van der Waals surface area contributed by atoms with Gasteiger partial charge in [-0.15, -0.1) is 0 Å². The van der Waals surface area contributed by atoms with Crippen molar-refractivity contribution in [2.75, 3.05) is 12.4 Å². The molecule has 2 bridgehead atoms. The van der Waals surface area contributed by atoms with Gasteiger partial charge < -0.3 is 20.3 Å². The van der Waals surface area contributed by atoms with Gasteiger partial charge in [0.2, 0.25) is 0 Å². The number of fused-ring (bicyclic) bond motifs is 3. The van der Waals surface area contributed by atoms with Crippen molar-refractivity contribution in [3.63, 3.8) is 0 Å². The third kappa shape index (κ3) is 4.09. The fraction of sp³-hybridized carbons (Fsp3) is 0.500. The Balaban J connectivity index is 1.62. The molecule has 2 fully saturated rings.